The molecule has 21 heavy (non-hydrogen) atoms. The molecule has 1 unspecified atom stereocenters. The zero-order valence-corrected chi connectivity index (χ0v) is 12.6. The van der Waals surface area contributed by atoms with E-state index in [2.05, 4.69) is 0 Å². The lowest BCUT2D eigenvalue weighted by atomic mass is 10.0. The first-order valence-electron chi connectivity index (χ1n) is 7.09. The predicted molar refractivity (Wildman–Crippen MR) is 83.6 cm³/mol. The summed E-state index contributed by atoms with van der Waals surface area (Å²) in [5.41, 5.74) is 2.59. The fourth-order valence-corrected chi connectivity index (χ4v) is 1.94. The van der Waals surface area contributed by atoms with Crippen LogP contribution in [0.5, 0.6) is 5.75 Å². The Morgan fingerprint density at radius 3 is 2.43 bits per heavy atom. The van der Waals surface area contributed by atoms with Gasteiger partial charge in [-0.2, -0.15) is 0 Å². The Bertz CT molecular complexity index is 602. The van der Waals surface area contributed by atoms with Gasteiger partial charge in [0.15, 0.2) is 0 Å². The number of hydrogen-bond acceptors (Lipinski definition) is 3. The molecule has 0 aliphatic rings. The van der Waals surface area contributed by atoms with E-state index in [1.165, 1.54) is 0 Å². The number of rotatable bonds is 5. The van der Waals surface area contributed by atoms with Crippen molar-refractivity contribution in [2.24, 2.45) is 0 Å². The quantitative estimate of drug-likeness (QED) is 0.767. The van der Waals surface area contributed by atoms with Crippen LogP contribution in [0.2, 0.25) is 0 Å². The second-order valence-electron chi connectivity index (χ2n) is 4.93. The fourth-order valence-electron chi connectivity index (χ4n) is 1.94. The smallest absolute Gasteiger partial charge is 0.338 e. The Hall–Kier alpha value is -2.29. The van der Waals surface area contributed by atoms with Crippen molar-refractivity contribution < 1.29 is 14.3 Å². The van der Waals surface area contributed by atoms with Crippen molar-refractivity contribution in [3.05, 3.63) is 54.1 Å². The molecule has 0 saturated carbocycles. The minimum atomic E-state index is -0.278. The Kier molecular flexibility index (Phi) is 4.99. The third kappa shape index (κ3) is 3.85. The summed E-state index contributed by atoms with van der Waals surface area (Å²) in [5.74, 6) is 0.533. The number of esters is 1. The molecule has 2 rings (SSSR count). The van der Waals surface area contributed by atoms with Gasteiger partial charge in [-0.15, -0.1) is 0 Å². The van der Waals surface area contributed by atoms with E-state index in [0.29, 0.717) is 5.56 Å². The van der Waals surface area contributed by atoms with Crippen LogP contribution >= 0.6 is 0 Å². The van der Waals surface area contributed by atoms with Crippen molar-refractivity contribution in [1.29, 1.82) is 0 Å². The maximum atomic E-state index is 12.1. The van der Waals surface area contributed by atoms with Gasteiger partial charge in [0.05, 0.1) is 18.8 Å². The largest absolute Gasteiger partial charge is 0.497 e. The molecule has 0 spiro atoms. The second-order valence-corrected chi connectivity index (χ2v) is 4.93. The Balaban J connectivity index is 2.22. The van der Waals surface area contributed by atoms with Crippen molar-refractivity contribution in [3.8, 4) is 16.9 Å². The number of benzene rings is 2. The Labute approximate surface area is 125 Å². The zero-order chi connectivity index (χ0) is 15.2. The third-order valence-electron chi connectivity index (χ3n) is 3.40. The van der Waals surface area contributed by atoms with Crippen LogP contribution in [0, 0.1) is 0 Å². The molecule has 1 atom stereocenters. The number of methoxy groups -OCH3 is 1. The maximum absolute atomic E-state index is 12.1. The molecule has 0 fully saturated rings. The van der Waals surface area contributed by atoms with Crippen LogP contribution in [-0.2, 0) is 4.74 Å². The molecule has 0 saturated heterocycles. The molecule has 0 N–H and O–H groups in total. The number of ether oxygens (including phenoxy) is 2. The highest BCUT2D eigenvalue weighted by Crippen LogP contribution is 2.23. The molecule has 110 valence electrons. The SMILES string of the molecule is CCC(C)OC(=O)c1cccc(-c2ccc(OC)cc2)c1. The Morgan fingerprint density at radius 2 is 1.81 bits per heavy atom. The number of carbonyl (C=O) groups is 1. The first-order valence-corrected chi connectivity index (χ1v) is 7.09. The molecule has 3 nitrogen and oxygen atoms in total. The summed E-state index contributed by atoms with van der Waals surface area (Å²) in [6, 6.07) is 15.2. The van der Waals surface area contributed by atoms with Crippen molar-refractivity contribution in [3.63, 3.8) is 0 Å². The predicted octanol–water partition coefficient (Wildman–Crippen LogP) is 4.32. The van der Waals surface area contributed by atoms with E-state index in [1.54, 1.807) is 13.2 Å². The molecule has 0 aliphatic heterocycles. The van der Waals surface area contributed by atoms with Crippen LogP contribution in [0.15, 0.2) is 48.5 Å². The molecule has 0 heterocycles. The van der Waals surface area contributed by atoms with Gasteiger partial charge in [-0.3, -0.25) is 0 Å². The molecule has 0 aliphatic carbocycles. The lowest BCUT2D eigenvalue weighted by molar-refractivity contribution is 0.0334. The zero-order valence-electron chi connectivity index (χ0n) is 12.6. The average Bonchev–Trinajstić information content (AvgIpc) is 2.55. The minimum Gasteiger partial charge on any atom is -0.497 e. The van der Waals surface area contributed by atoms with Crippen LogP contribution in [0.3, 0.4) is 0 Å². The van der Waals surface area contributed by atoms with Crippen molar-refractivity contribution >= 4 is 5.97 Å². The van der Waals surface area contributed by atoms with Crippen LogP contribution in [0.1, 0.15) is 30.6 Å². The van der Waals surface area contributed by atoms with E-state index < -0.39 is 0 Å². The van der Waals surface area contributed by atoms with Crippen molar-refractivity contribution in [2.75, 3.05) is 7.11 Å². The van der Waals surface area contributed by atoms with Gasteiger partial charge in [-0.1, -0.05) is 31.2 Å². The van der Waals surface area contributed by atoms with Gasteiger partial charge in [0.2, 0.25) is 0 Å². The van der Waals surface area contributed by atoms with Crippen molar-refractivity contribution in [2.45, 2.75) is 26.4 Å². The summed E-state index contributed by atoms with van der Waals surface area (Å²) in [5, 5.41) is 0. The highest BCUT2D eigenvalue weighted by Gasteiger charge is 2.11. The van der Waals surface area contributed by atoms with E-state index >= 15 is 0 Å². The summed E-state index contributed by atoms with van der Waals surface area (Å²) >= 11 is 0. The molecule has 3 heteroatoms. The topological polar surface area (TPSA) is 35.5 Å². The van der Waals surface area contributed by atoms with E-state index in [4.69, 9.17) is 9.47 Å². The fraction of sp³-hybridized carbons (Fsp3) is 0.278. The van der Waals surface area contributed by atoms with E-state index in [0.717, 1.165) is 23.3 Å². The van der Waals surface area contributed by atoms with E-state index in [1.807, 2.05) is 56.3 Å². The summed E-state index contributed by atoms with van der Waals surface area (Å²) in [4.78, 5) is 12.1. The van der Waals surface area contributed by atoms with Gasteiger partial charge in [-0.05, 0) is 48.7 Å². The lowest BCUT2D eigenvalue weighted by Crippen LogP contribution is -2.13. The summed E-state index contributed by atoms with van der Waals surface area (Å²) in [6.45, 7) is 3.89. The average molecular weight is 284 g/mol. The molecule has 0 radical (unpaired) electrons. The minimum absolute atomic E-state index is 0.0675. The van der Waals surface area contributed by atoms with Crippen LogP contribution in [0.25, 0.3) is 11.1 Å². The molecule has 0 bridgehead atoms. The van der Waals surface area contributed by atoms with Gasteiger partial charge >= 0.3 is 5.97 Å². The van der Waals surface area contributed by atoms with E-state index in [9.17, 15) is 4.79 Å². The van der Waals surface area contributed by atoms with E-state index in [-0.39, 0.29) is 12.1 Å². The first kappa shape index (κ1) is 15.1. The molecule has 0 aromatic heterocycles. The van der Waals surface area contributed by atoms with Crippen LogP contribution in [0.4, 0.5) is 0 Å². The van der Waals surface area contributed by atoms with Gasteiger partial charge in [0.1, 0.15) is 5.75 Å². The highest BCUT2D eigenvalue weighted by molar-refractivity contribution is 5.91. The molecular weight excluding hydrogens is 264 g/mol. The molecule has 0 amide bonds. The van der Waals surface area contributed by atoms with Crippen LogP contribution in [-0.4, -0.2) is 19.2 Å². The highest BCUT2D eigenvalue weighted by atomic mass is 16.5. The van der Waals surface area contributed by atoms with Gasteiger partial charge in [0, 0.05) is 0 Å². The number of hydrogen-bond donors (Lipinski definition) is 0. The summed E-state index contributed by atoms with van der Waals surface area (Å²) in [7, 11) is 1.64. The molecular formula is C18H20O3. The monoisotopic (exact) mass is 284 g/mol. The van der Waals surface area contributed by atoms with Crippen molar-refractivity contribution in [1.82, 2.24) is 0 Å². The standard InChI is InChI=1S/C18H20O3/c1-4-13(2)21-18(19)16-7-5-6-15(12-16)14-8-10-17(20-3)11-9-14/h5-13H,4H2,1-3H3. The molecule has 2 aromatic rings. The maximum Gasteiger partial charge on any atom is 0.338 e. The van der Waals surface area contributed by atoms with Gasteiger partial charge < -0.3 is 9.47 Å². The van der Waals surface area contributed by atoms with Gasteiger partial charge in [0.25, 0.3) is 0 Å². The van der Waals surface area contributed by atoms with Crippen LogP contribution < -0.4 is 4.74 Å². The number of carbonyl (C=O) groups excluding carboxylic acids is 1. The first-order chi connectivity index (χ1) is 10.1. The molecule has 2 aromatic carbocycles. The lowest BCUT2D eigenvalue weighted by Gasteiger charge is -2.11. The summed E-state index contributed by atoms with van der Waals surface area (Å²) in [6.07, 6.45) is 0.742. The van der Waals surface area contributed by atoms with Gasteiger partial charge in [-0.25, -0.2) is 4.79 Å². The Morgan fingerprint density at radius 1 is 1.10 bits per heavy atom. The summed E-state index contributed by atoms with van der Waals surface area (Å²) < 4.78 is 10.5. The third-order valence-corrected chi connectivity index (χ3v) is 3.40. The normalized spacial score (nSPS) is 11.8. The second kappa shape index (κ2) is 6.93.